The fourth-order valence-electron chi connectivity index (χ4n) is 3.42. The van der Waals surface area contributed by atoms with Crippen molar-refractivity contribution in [2.24, 2.45) is 0 Å². The predicted molar refractivity (Wildman–Crippen MR) is 91.4 cm³/mol. The molecule has 0 spiro atoms. The number of phenolic OH excluding ortho intramolecular Hbond substituents is 2. The lowest BCUT2D eigenvalue weighted by atomic mass is 9.95. The Hall–Kier alpha value is -2.68. The van der Waals surface area contributed by atoms with Crippen molar-refractivity contribution in [1.82, 2.24) is 4.98 Å². The van der Waals surface area contributed by atoms with E-state index in [4.69, 9.17) is 0 Å². The number of benzene rings is 3. The Labute approximate surface area is 127 Å². The Morgan fingerprint density at radius 1 is 1.05 bits per heavy atom. The lowest BCUT2D eigenvalue weighted by Gasteiger charge is -2.10. The minimum atomic E-state index is -0.0807. The molecule has 0 atom stereocenters. The SMILES string of the molecule is CCC=c1[nH]c2cc3ccc(O)c(O)c3c3c(C)ccc1c23. The third kappa shape index (κ3) is 1.56. The van der Waals surface area contributed by atoms with Gasteiger partial charge >= 0.3 is 0 Å². The number of H-pyrrole nitrogens is 1. The highest BCUT2D eigenvalue weighted by atomic mass is 16.3. The van der Waals surface area contributed by atoms with Gasteiger partial charge in [0, 0.05) is 27.0 Å². The first-order valence-electron chi connectivity index (χ1n) is 7.50. The van der Waals surface area contributed by atoms with Crippen molar-refractivity contribution < 1.29 is 10.2 Å². The molecule has 0 aliphatic carbocycles. The maximum absolute atomic E-state index is 10.4. The van der Waals surface area contributed by atoms with Crippen LogP contribution < -0.4 is 5.35 Å². The monoisotopic (exact) mass is 291 g/mol. The Balaban J connectivity index is 2.39. The van der Waals surface area contributed by atoms with Gasteiger partial charge in [-0.15, -0.1) is 0 Å². The predicted octanol–water partition coefficient (Wildman–Crippen LogP) is 4.10. The standard InChI is InChI=1S/C19H17NO2/c1-3-4-13-12-7-5-10(2)16-17-11(6-8-15(21)19(17)22)9-14(20-13)18(12)16/h4-9,20-22H,3H2,1-2H3. The molecule has 1 aromatic heterocycles. The summed E-state index contributed by atoms with van der Waals surface area (Å²) in [6, 6.07) is 9.61. The van der Waals surface area contributed by atoms with Gasteiger partial charge in [0.05, 0.1) is 0 Å². The summed E-state index contributed by atoms with van der Waals surface area (Å²) in [5.41, 5.74) is 2.15. The summed E-state index contributed by atoms with van der Waals surface area (Å²) in [6.45, 7) is 4.15. The van der Waals surface area contributed by atoms with Crippen LogP contribution in [-0.4, -0.2) is 15.2 Å². The van der Waals surface area contributed by atoms with Gasteiger partial charge in [0.1, 0.15) is 0 Å². The van der Waals surface area contributed by atoms with E-state index in [1.165, 1.54) is 6.07 Å². The van der Waals surface area contributed by atoms with Crippen molar-refractivity contribution >= 4 is 38.5 Å². The van der Waals surface area contributed by atoms with Gasteiger partial charge in [-0.1, -0.05) is 31.2 Å². The van der Waals surface area contributed by atoms with E-state index in [0.717, 1.165) is 49.8 Å². The molecule has 110 valence electrons. The van der Waals surface area contributed by atoms with Crippen LogP contribution in [0.2, 0.25) is 0 Å². The maximum atomic E-state index is 10.4. The zero-order valence-corrected chi connectivity index (χ0v) is 12.6. The molecule has 0 unspecified atom stereocenters. The molecule has 0 aliphatic rings. The molecule has 0 saturated carbocycles. The molecule has 3 nitrogen and oxygen atoms in total. The Morgan fingerprint density at radius 2 is 1.86 bits per heavy atom. The molecule has 4 aromatic rings. The lowest BCUT2D eigenvalue weighted by Crippen LogP contribution is -1.99. The highest BCUT2D eigenvalue weighted by molar-refractivity contribution is 6.23. The quantitative estimate of drug-likeness (QED) is 0.365. The topological polar surface area (TPSA) is 56.2 Å². The highest BCUT2D eigenvalue weighted by Gasteiger charge is 2.16. The smallest absolute Gasteiger partial charge is 0.166 e. The summed E-state index contributed by atoms with van der Waals surface area (Å²) in [5.74, 6) is -0.125. The van der Waals surface area contributed by atoms with Crippen LogP contribution >= 0.6 is 0 Å². The average molecular weight is 291 g/mol. The van der Waals surface area contributed by atoms with Gasteiger partial charge in [-0.3, -0.25) is 0 Å². The molecule has 0 fully saturated rings. The molecule has 22 heavy (non-hydrogen) atoms. The molecule has 1 heterocycles. The number of aromatic nitrogens is 1. The molecule has 0 saturated heterocycles. The van der Waals surface area contributed by atoms with Crippen LogP contribution in [0.3, 0.4) is 0 Å². The number of hydrogen-bond acceptors (Lipinski definition) is 2. The van der Waals surface area contributed by atoms with Gasteiger partial charge in [0.15, 0.2) is 11.5 Å². The van der Waals surface area contributed by atoms with E-state index in [-0.39, 0.29) is 11.5 Å². The largest absolute Gasteiger partial charge is 0.504 e. The van der Waals surface area contributed by atoms with Gasteiger partial charge in [0.2, 0.25) is 0 Å². The van der Waals surface area contributed by atoms with Crippen molar-refractivity contribution in [2.75, 3.05) is 0 Å². The van der Waals surface area contributed by atoms with Crippen LogP contribution in [-0.2, 0) is 0 Å². The van der Waals surface area contributed by atoms with E-state index in [1.807, 2.05) is 19.1 Å². The number of phenols is 2. The summed E-state index contributed by atoms with van der Waals surface area (Å²) in [4.78, 5) is 3.48. The van der Waals surface area contributed by atoms with Crippen LogP contribution in [0, 0.1) is 6.92 Å². The Kier molecular flexibility index (Phi) is 2.61. The number of hydrogen-bond donors (Lipinski definition) is 3. The van der Waals surface area contributed by atoms with Crippen LogP contribution in [0.1, 0.15) is 18.9 Å². The number of nitrogens with one attached hydrogen (secondary N) is 1. The van der Waals surface area contributed by atoms with Crippen molar-refractivity contribution in [1.29, 1.82) is 0 Å². The van der Waals surface area contributed by atoms with Crippen molar-refractivity contribution in [3.63, 3.8) is 0 Å². The zero-order valence-electron chi connectivity index (χ0n) is 12.6. The molecule has 3 heteroatoms. The van der Waals surface area contributed by atoms with E-state index in [9.17, 15) is 10.2 Å². The molecule has 0 bridgehead atoms. The lowest BCUT2D eigenvalue weighted by molar-refractivity contribution is 0.408. The van der Waals surface area contributed by atoms with Crippen LogP contribution in [0.15, 0.2) is 30.3 Å². The molecule has 3 N–H and O–H groups in total. The average Bonchev–Trinajstić information content (AvgIpc) is 2.84. The number of fused-ring (bicyclic) bond motifs is 2. The number of aryl methyl sites for hydroxylation is 1. The summed E-state index contributed by atoms with van der Waals surface area (Å²) in [7, 11) is 0. The van der Waals surface area contributed by atoms with E-state index < -0.39 is 0 Å². The second-order valence-electron chi connectivity index (χ2n) is 5.79. The van der Waals surface area contributed by atoms with Crippen LogP contribution in [0.4, 0.5) is 0 Å². The van der Waals surface area contributed by atoms with Crippen molar-refractivity contribution in [3.8, 4) is 11.5 Å². The van der Waals surface area contributed by atoms with Gasteiger partial charge in [-0.05, 0) is 41.8 Å². The second-order valence-corrected chi connectivity index (χ2v) is 5.79. The second kappa shape index (κ2) is 4.41. The summed E-state index contributed by atoms with van der Waals surface area (Å²) in [6.07, 6.45) is 3.13. The maximum Gasteiger partial charge on any atom is 0.166 e. The Morgan fingerprint density at radius 3 is 2.64 bits per heavy atom. The van der Waals surface area contributed by atoms with Gasteiger partial charge in [-0.2, -0.15) is 0 Å². The molecule has 4 rings (SSSR count). The molecule has 0 aliphatic heterocycles. The van der Waals surface area contributed by atoms with Crippen molar-refractivity contribution in [2.45, 2.75) is 20.3 Å². The fraction of sp³-hybridized carbons (Fsp3) is 0.158. The molecule has 0 amide bonds. The minimum Gasteiger partial charge on any atom is -0.504 e. The molecule has 3 aromatic carbocycles. The number of rotatable bonds is 1. The van der Waals surface area contributed by atoms with E-state index in [2.05, 4.69) is 30.1 Å². The first-order chi connectivity index (χ1) is 10.6. The summed E-state index contributed by atoms with van der Waals surface area (Å²) >= 11 is 0. The summed E-state index contributed by atoms with van der Waals surface area (Å²) < 4.78 is 0. The minimum absolute atomic E-state index is 0.0442. The molecular formula is C19H17NO2. The third-order valence-corrected chi connectivity index (χ3v) is 4.39. The van der Waals surface area contributed by atoms with Gasteiger partial charge in [0.25, 0.3) is 0 Å². The first-order valence-corrected chi connectivity index (χ1v) is 7.50. The van der Waals surface area contributed by atoms with Crippen molar-refractivity contribution in [3.05, 3.63) is 41.2 Å². The summed E-state index contributed by atoms with van der Waals surface area (Å²) in [5, 5.41) is 26.3. The van der Waals surface area contributed by atoms with E-state index in [1.54, 1.807) is 0 Å². The normalized spacial score (nSPS) is 12.9. The van der Waals surface area contributed by atoms with Gasteiger partial charge in [-0.25, -0.2) is 0 Å². The Bertz CT molecular complexity index is 1090. The zero-order chi connectivity index (χ0) is 15.4. The van der Waals surface area contributed by atoms with Crippen LogP contribution in [0.5, 0.6) is 11.5 Å². The third-order valence-electron chi connectivity index (χ3n) is 4.39. The highest BCUT2D eigenvalue weighted by Crippen LogP contribution is 2.41. The van der Waals surface area contributed by atoms with Crippen LogP contribution in [0.25, 0.3) is 38.5 Å². The fourth-order valence-corrected chi connectivity index (χ4v) is 3.42. The van der Waals surface area contributed by atoms with E-state index >= 15 is 0 Å². The molecular weight excluding hydrogens is 274 g/mol. The molecule has 0 radical (unpaired) electrons. The number of aromatic amines is 1. The first kappa shape index (κ1) is 13.0. The van der Waals surface area contributed by atoms with E-state index in [0.29, 0.717) is 0 Å². The number of aromatic hydroxyl groups is 2. The van der Waals surface area contributed by atoms with Gasteiger partial charge < -0.3 is 15.2 Å².